The maximum atomic E-state index is 14.0. The highest BCUT2D eigenvalue weighted by atomic mass is 35.5. The normalized spacial score (nSPS) is 14.6. The van der Waals surface area contributed by atoms with Gasteiger partial charge in [-0.15, -0.1) is 0 Å². The molecular formula is C22H29ClF2N6O4S. The minimum Gasteiger partial charge on any atom is -0.471 e. The lowest BCUT2D eigenvalue weighted by Crippen LogP contribution is -2.47. The summed E-state index contributed by atoms with van der Waals surface area (Å²) in [6.07, 6.45) is 1.68. The largest absolute Gasteiger partial charge is 0.471 e. The number of hydrogen-bond donors (Lipinski definition) is 4. The number of β-amino-alcohol motifs (C(OH)–C–C–N with tert-alkyl or cyclic N) is 1. The van der Waals surface area contributed by atoms with Gasteiger partial charge < -0.3 is 25.8 Å². The molecule has 14 heteroatoms. The van der Waals surface area contributed by atoms with Crippen LogP contribution in [0.1, 0.15) is 28.8 Å². The van der Waals surface area contributed by atoms with Gasteiger partial charge in [-0.2, -0.15) is 4.37 Å². The third kappa shape index (κ3) is 7.96. The molecule has 3 amide bonds. The zero-order chi connectivity index (χ0) is 26.1. The Balaban J connectivity index is 1.43. The van der Waals surface area contributed by atoms with Crippen molar-refractivity contribution in [3.63, 3.8) is 0 Å². The fraction of sp³-hybridized carbons (Fsp3) is 0.500. The van der Waals surface area contributed by atoms with Crippen molar-refractivity contribution < 1.29 is 28.2 Å². The summed E-state index contributed by atoms with van der Waals surface area (Å²) in [5, 5.41) is 14.0. The van der Waals surface area contributed by atoms with Crippen LogP contribution in [0, 0.1) is 11.6 Å². The predicted molar refractivity (Wildman–Crippen MR) is 133 cm³/mol. The molecule has 1 fully saturated rings. The highest BCUT2D eigenvalue weighted by Gasteiger charge is 2.23. The average molecular weight is 547 g/mol. The van der Waals surface area contributed by atoms with Gasteiger partial charge in [-0.25, -0.2) is 13.6 Å². The van der Waals surface area contributed by atoms with Gasteiger partial charge in [-0.1, -0.05) is 11.6 Å². The number of nitrogens with one attached hydrogen (secondary N) is 2. The van der Waals surface area contributed by atoms with Crippen LogP contribution in [0.3, 0.4) is 0 Å². The van der Waals surface area contributed by atoms with E-state index in [1.807, 2.05) is 0 Å². The number of carbonyl (C=O) groups excluding carboxylic acids is 2. The van der Waals surface area contributed by atoms with E-state index >= 15 is 0 Å². The molecule has 0 bridgehead atoms. The minimum absolute atomic E-state index is 0.0820. The van der Waals surface area contributed by atoms with Crippen LogP contribution in [0.5, 0.6) is 5.88 Å². The van der Waals surface area contributed by atoms with Crippen LogP contribution in [0.2, 0.25) is 5.02 Å². The third-order valence-electron chi connectivity index (χ3n) is 5.66. The van der Waals surface area contributed by atoms with E-state index in [0.717, 1.165) is 69.2 Å². The number of nitrogens with two attached hydrogens (primary N) is 1. The van der Waals surface area contributed by atoms with Gasteiger partial charge >= 0.3 is 6.03 Å². The number of aliphatic hydroxyl groups is 1. The van der Waals surface area contributed by atoms with Gasteiger partial charge in [0.2, 0.25) is 5.88 Å². The van der Waals surface area contributed by atoms with Gasteiger partial charge in [0, 0.05) is 44.8 Å². The van der Waals surface area contributed by atoms with E-state index in [9.17, 15) is 18.4 Å². The van der Waals surface area contributed by atoms with Crippen molar-refractivity contribution in [2.24, 2.45) is 5.73 Å². The van der Waals surface area contributed by atoms with Crippen molar-refractivity contribution >= 4 is 40.1 Å². The summed E-state index contributed by atoms with van der Waals surface area (Å²) in [6, 6.07) is 1.18. The van der Waals surface area contributed by atoms with E-state index in [0.29, 0.717) is 13.1 Å². The second-order valence-electron chi connectivity index (χ2n) is 8.20. The number of anilines is 1. The molecule has 1 aliphatic heterocycles. The predicted octanol–water partition coefficient (Wildman–Crippen LogP) is 2.26. The van der Waals surface area contributed by atoms with Crippen LogP contribution >= 0.6 is 23.1 Å². The van der Waals surface area contributed by atoms with Crippen molar-refractivity contribution in [1.82, 2.24) is 19.5 Å². The van der Waals surface area contributed by atoms with Crippen molar-refractivity contribution in [3.8, 4) is 5.88 Å². The number of aromatic nitrogens is 1. The summed E-state index contributed by atoms with van der Waals surface area (Å²) in [7, 11) is 0. The molecule has 3 rings (SSSR count). The lowest BCUT2D eigenvalue weighted by molar-refractivity contribution is 0.0996. The van der Waals surface area contributed by atoms with Crippen molar-refractivity contribution in [3.05, 3.63) is 39.9 Å². The van der Waals surface area contributed by atoms with Gasteiger partial charge in [0.15, 0.2) is 0 Å². The SMILES string of the molecule is NC(=O)c1c(OCc2cc(F)c(Cl)cc2F)nsc1NC(=O)NCCCCN1CCN(CCO)CC1. The zero-order valence-corrected chi connectivity index (χ0v) is 21.1. The summed E-state index contributed by atoms with van der Waals surface area (Å²) >= 11 is 6.32. The molecule has 0 radical (unpaired) electrons. The van der Waals surface area contributed by atoms with Crippen molar-refractivity contribution in [2.75, 3.05) is 57.7 Å². The number of rotatable bonds is 12. The molecule has 10 nitrogen and oxygen atoms in total. The smallest absolute Gasteiger partial charge is 0.319 e. The molecule has 0 atom stereocenters. The Hall–Kier alpha value is -2.58. The number of primary amides is 1. The summed E-state index contributed by atoms with van der Waals surface area (Å²) in [6.45, 7) is 5.62. The number of hydrogen-bond acceptors (Lipinski definition) is 8. The first-order chi connectivity index (χ1) is 17.3. The second kappa shape index (κ2) is 13.7. The molecule has 198 valence electrons. The first kappa shape index (κ1) is 28.0. The second-order valence-corrected chi connectivity index (χ2v) is 9.38. The van der Waals surface area contributed by atoms with Crippen LogP contribution in [0.25, 0.3) is 0 Å². The number of halogens is 3. The number of nitrogens with zero attached hydrogens (tertiary/aromatic N) is 3. The Labute approximate surface area is 216 Å². The molecule has 0 saturated carbocycles. The van der Waals surface area contributed by atoms with Crippen LogP contribution in [-0.2, 0) is 6.61 Å². The first-order valence-electron chi connectivity index (χ1n) is 11.4. The van der Waals surface area contributed by atoms with Crippen LogP contribution in [0.15, 0.2) is 12.1 Å². The van der Waals surface area contributed by atoms with E-state index in [2.05, 4.69) is 24.8 Å². The minimum atomic E-state index is -0.893. The molecule has 2 heterocycles. The molecule has 0 aliphatic carbocycles. The van der Waals surface area contributed by atoms with E-state index in [-0.39, 0.29) is 33.6 Å². The Morgan fingerprint density at radius 3 is 2.50 bits per heavy atom. The Bertz CT molecular complexity index is 1050. The topological polar surface area (TPSA) is 133 Å². The zero-order valence-electron chi connectivity index (χ0n) is 19.6. The molecule has 1 aromatic carbocycles. The maximum Gasteiger partial charge on any atom is 0.319 e. The van der Waals surface area contributed by atoms with Crippen LogP contribution < -0.4 is 21.1 Å². The number of aliphatic hydroxyl groups excluding tert-OH is 1. The molecule has 0 spiro atoms. The summed E-state index contributed by atoms with van der Waals surface area (Å²) in [4.78, 5) is 28.8. The Kier molecular flexibility index (Phi) is 10.6. The average Bonchev–Trinajstić information content (AvgIpc) is 3.24. The number of carbonyl (C=O) groups is 2. The summed E-state index contributed by atoms with van der Waals surface area (Å²) in [5.41, 5.74) is 5.13. The number of urea groups is 1. The quantitative estimate of drug-likeness (QED) is 0.237. The van der Waals surface area contributed by atoms with E-state index in [4.69, 9.17) is 27.2 Å². The Morgan fingerprint density at radius 2 is 1.83 bits per heavy atom. The maximum absolute atomic E-state index is 14.0. The fourth-order valence-electron chi connectivity index (χ4n) is 3.68. The summed E-state index contributed by atoms with van der Waals surface area (Å²) < 4.78 is 36.9. The molecule has 1 saturated heterocycles. The lowest BCUT2D eigenvalue weighted by atomic mass is 10.2. The van der Waals surface area contributed by atoms with Crippen LogP contribution in [0.4, 0.5) is 18.6 Å². The van der Waals surface area contributed by atoms with Gasteiger partial charge in [-0.05, 0) is 43.1 Å². The monoisotopic (exact) mass is 546 g/mol. The van der Waals surface area contributed by atoms with Gasteiger partial charge in [0.05, 0.1) is 11.6 Å². The number of benzene rings is 1. The highest BCUT2D eigenvalue weighted by Crippen LogP contribution is 2.31. The number of ether oxygens (including phenoxy) is 1. The molecule has 0 unspecified atom stereocenters. The van der Waals surface area contributed by atoms with Gasteiger partial charge in [-0.3, -0.25) is 15.0 Å². The number of unbranched alkanes of at least 4 members (excludes halogenated alkanes) is 1. The number of piperazine rings is 1. The third-order valence-corrected chi connectivity index (χ3v) is 6.69. The van der Waals surface area contributed by atoms with E-state index < -0.39 is 30.2 Å². The molecule has 2 aromatic rings. The molecule has 36 heavy (non-hydrogen) atoms. The standard InChI is InChI=1S/C22H29ClF2N6O4S/c23-15-12-16(24)14(11-17(15)25)13-35-20-18(19(26)33)21(36-29-20)28-22(34)27-3-1-2-4-30-5-7-31(8-6-30)9-10-32/h11-12,32H,1-10,13H2,(H2,26,33)(H2,27,28,34). The van der Waals surface area contributed by atoms with Gasteiger partial charge in [0.1, 0.15) is 28.8 Å². The van der Waals surface area contributed by atoms with Gasteiger partial charge in [0.25, 0.3) is 5.91 Å². The Morgan fingerprint density at radius 1 is 1.14 bits per heavy atom. The highest BCUT2D eigenvalue weighted by molar-refractivity contribution is 7.11. The number of amides is 3. The molecule has 5 N–H and O–H groups in total. The lowest BCUT2D eigenvalue weighted by Gasteiger charge is -2.34. The molecular weight excluding hydrogens is 518 g/mol. The van der Waals surface area contributed by atoms with E-state index in [1.165, 1.54) is 0 Å². The van der Waals surface area contributed by atoms with E-state index in [1.54, 1.807) is 0 Å². The summed E-state index contributed by atoms with van der Waals surface area (Å²) in [5.74, 6) is -2.68. The van der Waals surface area contributed by atoms with Crippen LogP contribution in [-0.4, -0.2) is 83.6 Å². The van der Waals surface area contributed by atoms with Crippen molar-refractivity contribution in [2.45, 2.75) is 19.4 Å². The molecule has 1 aliphatic rings. The van der Waals surface area contributed by atoms with Crippen molar-refractivity contribution in [1.29, 1.82) is 0 Å². The fourth-order valence-corrected chi connectivity index (χ4v) is 4.57. The molecule has 1 aromatic heterocycles. The first-order valence-corrected chi connectivity index (χ1v) is 12.6.